The van der Waals surface area contributed by atoms with Crippen LogP contribution in [0.4, 0.5) is 51.2 Å². The molecule has 506 valence electrons. The molecular weight excluding hydrogens is 1280 g/mol. The van der Waals surface area contributed by atoms with Crippen molar-refractivity contribution in [2.45, 2.75) is 53.9 Å². The van der Waals surface area contributed by atoms with Crippen molar-refractivity contribution in [3.05, 3.63) is 394 Å². The number of nitrogens with zero attached hydrogens (tertiary/aromatic N) is 3. The molecule has 0 saturated carbocycles. The topological polar surface area (TPSA) is 88.6 Å². The van der Waals surface area contributed by atoms with Crippen LogP contribution in [0.25, 0.3) is 32.3 Å². The van der Waals surface area contributed by atoms with Gasteiger partial charge in [-0.25, -0.2) is 14.4 Å². The van der Waals surface area contributed by atoms with E-state index in [-0.39, 0.29) is 0 Å². The number of benzene rings is 15. The van der Waals surface area contributed by atoms with E-state index in [2.05, 4.69) is 245 Å². The van der Waals surface area contributed by atoms with E-state index < -0.39 is 23.3 Å². The third-order valence-corrected chi connectivity index (χ3v) is 19.6. The average Bonchev–Trinajstić information content (AvgIpc) is 0.802. The zero-order chi connectivity index (χ0) is 71.6. The SMILES string of the molecule is Cc1ccc(N(c2ccc(C(=O)Oc3ccc(C(C)(c4ccc(OC(=O)c5ccc(N(c6ccc(C)cc6)c6ccc7cc(C)ccc7c6)cc5)cc4)c4ccc(OC(=O)c5ccc(N(c6ccc(C)cc6)c6ccc7cc(C)ccc7c6)cc5)cc4)cc3)cc2)c2ccc3cc(C)ccc3c2)cc1. The lowest BCUT2D eigenvalue weighted by Gasteiger charge is -2.32. The molecular formula is C95H75N3O6. The molecule has 0 amide bonds. The van der Waals surface area contributed by atoms with E-state index in [1.807, 2.05) is 72.8 Å². The quantitative estimate of drug-likeness (QED) is 0.0473. The molecule has 0 spiro atoms. The van der Waals surface area contributed by atoms with Gasteiger partial charge in [0.25, 0.3) is 0 Å². The number of rotatable bonds is 18. The number of anilines is 9. The number of aryl methyl sites for hydroxylation is 6. The number of fused-ring (bicyclic) bond motifs is 3. The summed E-state index contributed by atoms with van der Waals surface area (Å²) in [5.74, 6) is -0.418. The van der Waals surface area contributed by atoms with Crippen LogP contribution >= 0.6 is 0 Å². The highest BCUT2D eigenvalue weighted by Gasteiger charge is 2.32. The van der Waals surface area contributed by atoms with E-state index >= 15 is 0 Å². The Labute approximate surface area is 606 Å². The minimum absolute atomic E-state index is 0.363. The van der Waals surface area contributed by atoms with Crippen LogP contribution in [0.3, 0.4) is 0 Å². The second-order valence-corrected chi connectivity index (χ2v) is 27.1. The largest absolute Gasteiger partial charge is 0.423 e. The van der Waals surface area contributed by atoms with E-state index in [1.54, 1.807) is 72.8 Å². The van der Waals surface area contributed by atoms with Crippen molar-refractivity contribution >= 4 is 101 Å². The van der Waals surface area contributed by atoms with Crippen molar-refractivity contribution < 1.29 is 28.6 Å². The molecule has 0 bridgehead atoms. The molecule has 0 aromatic heterocycles. The summed E-state index contributed by atoms with van der Waals surface area (Å²) in [6.45, 7) is 14.6. The van der Waals surface area contributed by atoms with Gasteiger partial charge in [0.2, 0.25) is 0 Å². The van der Waals surface area contributed by atoms with Gasteiger partial charge in [-0.15, -0.1) is 0 Å². The van der Waals surface area contributed by atoms with Crippen molar-refractivity contribution in [2.75, 3.05) is 14.7 Å². The number of hydrogen-bond acceptors (Lipinski definition) is 9. The third kappa shape index (κ3) is 14.1. The highest BCUT2D eigenvalue weighted by molar-refractivity contribution is 5.97. The lowest BCUT2D eigenvalue weighted by atomic mass is 9.71. The maximum Gasteiger partial charge on any atom is 0.343 e. The molecule has 15 rings (SSSR count). The fraction of sp³-hybridized carbons (Fsp3) is 0.0842. The van der Waals surface area contributed by atoms with E-state index in [4.69, 9.17) is 14.2 Å². The van der Waals surface area contributed by atoms with Crippen LogP contribution in [-0.4, -0.2) is 17.9 Å². The Kier molecular flexibility index (Phi) is 18.3. The van der Waals surface area contributed by atoms with Crippen LogP contribution in [0, 0.1) is 41.5 Å². The Morgan fingerprint density at radius 2 is 0.413 bits per heavy atom. The minimum Gasteiger partial charge on any atom is -0.423 e. The molecule has 9 heteroatoms. The fourth-order valence-corrected chi connectivity index (χ4v) is 13.7. The molecule has 15 aromatic carbocycles. The van der Waals surface area contributed by atoms with Gasteiger partial charge in [-0.3, -0.25) is 0 Å². The molecule has 0 unspecified atom stereocenters. The molecule has 0 aliphatic heterocycles. The van der Waals surface area contributed by atoms with Crippen LogP contribution in [-0.2, 0) is 5.41 Å². The van der Waals surface area contributed by atoms with Crippen molar-refractivity contribution in [2.24, 2.45) is 0 Å². The molecule has 0 radical (unpaired) electrons. The predicted molar refractivity (Wildman–Crippen MR) is 424 cm³/mol. The van der Waals surface area contributed by atoms with Crippen molar-refractivity contribution in [3.63, 3.8) is 0 Å². The molecule has 0 aliphatic rings. The summed E-state index contributed by atoms with van der Waals surface area (Å²) in [6.07, 6.45) is 0. The van der Waals surface area contributed by atoms with E-state index in [0.29, 0.717) is 33.9 Å². The van der Waals surface area contributed by atoms with Crippen LogP contribution in [0.2, 0.25) is 0 Å². The average molecular weight is 1350 g/mol. The number of carbonyl (C=O) groups excluding carboxylic acids is 3. The van der Waals surface area contributed by atoms with Gasteiger partial charge in [0.05, 0.1) is 16.7 Å². The van der Waals surface area contributed by atoms with E-state index in [0.717, 1.165) is 101 Å². The van der Waals surface area contributed by atoms with Gasteiger partial charge in [-0.2, -0.15) is 0 Å². The van der Waals surface area contributed by atoms with Crippen LogP contribution in [0.1, 0.15) is 88.1 Å². The summed E-state index contributed by atoms with van der Waals surface area (Å²) in [6, 6.07) is 109. The molecule has 9 nitrogen and oxygen atoms in total. The first-order valence-corrected chi connectivity index (χ1v) is 34.9. The Balaban J connectivity index is 0.689. The second-order valence-electron chi connectivity index (χ2n) is 27.1. The van der Waals surface area contributed by atoms with Crippen molar-refractivity contribution in [1.29, 1.82) is 0 Å². The van der Waals surface area contributed by atoms with Gasteiger partial charge in [0.1, 0.15) is 17.2 Å². The molecule has 0 N–H and O–H groups in total. The maximum absolute atomic E-state index is 14.1. The Morgan fingerprint density at radius 3 is 0.654 bits per heavy atom. The van der Waals surface area contributed by atoms with Crippen LogP contribution in [0.15, 0.2) is 328 Å². The lowest BCUT2D eigenvalue weighted by molar-refractivity contribution is 0.0725. The van der Waals surface area contributed by atoms with Crippen molar-refractivity contribution in [1.82, 2.24) is 0 Å². The van der Waals surface area contributed by atoms with Crippen LogP contribution in [0.5, 0.6) is 17.2 Å². The normalized spacial score (nSPS) is 11.3. The Morgan fingerprint density at radius 1 is 0.221 bits per heavy atom. The van der Waals surface area contributed by atoms with Crippen LogP contribution < -0.4 is 28.9 Å². The number of carbonyl (C=O) groups is 3. The summed E-state index contributed by atoms with van der Waals surface area (Å²) >= 11 is 0. The number of esters is 3. The monoisotopic (exact) mass is 1350 g/mol. The number of hydrogen-bond donors (Lipinski definition) is 0. The van der Waals surface area contributed by atoms with Gasteiger partial charge in [-0.1, -0.05) is 179 Å². The zero-order valence-corrected chi connectivity index (χ0v) is 59.0. The Bertz CT molecular complexity index is 5120. The molecule has 0 heterocycles. The van der Waals surface area contributed by atoms with Gasteiger partial charge < -0.3 is 28.9 Å². The first kappa shape index (κ1) is 66.8. The maximum atomic E-state index is 14.1. The van der Waals surface area contributed by atoms with Crippen molar-refractivity contribution in [3.8, 4) is 17.2 Å². The van der Waals surface area contributed by atoms with Gasteiger partial charge in [0.15, 0.2) is 0 Å². The highest BCUT2D eigenvalue weighted by Crippen LogP contribution is 2.44. The van der Waals surface area contributed by atoms with Gasteiger partial charge in [0, 0.05) is 56.6 Å². The van der Waals surface area contributed by atoms with E-state index in [1.165, 1.54) is 32.8 Å². The minimum atomic E-state index is -0.858. The summed E-state index contributed by atoms with van der Waals surface area (Å²) < 4.78 is 18.3. The molecule has 104 heavy (non-hydrogen) atoms. The number of ether oxygens (including phenoxy) is 3. The highest BCUT2D eigenvalue weighted by atomic mass is 16.5. The first-order valence-electron chi connectivity index (χ1n) is 34.9. The first-order chi connectivity index (χ1) is 50.5. The lowest BCUT2D eigenvalue weighted by Crippen LogP contribution is -2.25. The third-order valence-electron chi connectivity index (χ3n) is 19.6. The van der Waals surface area contributed by atoms with E-state index in [9.17, 15) is 14.4 Å². The Hall–Kier alpha value is -13.1. The summed E-state index contributed by atoms with van der Waals surface area (Å²) in [5.41, 5.74) is 18.6. The standard InChI is InChI=1S/C95H75N3O6/c1-62-11-35-80(36-12-62)96(86-47-26-71-56-65(4)8-17-74(71)59-86)83-41-20-68(21-42-83)92(99)102-89-50-29-77(30-51-89)95(7,78-31-52-90(53-32-78)103-93(100)69-22-43-84(44-23-69)97(81-37-13-63(2)14-38-81)87-48-27-72-57-66(5)9-18-75(72)60-87)79-33-54-91(55-34-79)104-94(101)70-24-45-85(46-25-70)98(82-39-15-64(3)16-40-82)88-49-28-73-58-67(6)10-19-76(73)61-88/h8-61H,1-7H3. The van der Waals surface area contributed by atoms with Gasteiger partial charge >= 0.3 is 17.9 Å². The summed E-state index contributed by atoms with van der Waals surface area (Å²) in [5, 5.41) is 6.89. The molecule has 0 atom stereocenters. The zero-order valence-electron chi connectivity index (χ0n) is 59.0. The smallest absolute Gasteiger partial charge is 0.343 e. The fourth-order valence-electron chi connectivity index (χ4n) is 13.7. The molecule has 0 saturated heterocycles. The molecule has 0 aliphatic carbocycles. The van der Waals surface area contributed by atoms with Gasteiger partial charge in [-0.05, 0) is 279 Å². The molecule has 15 aromatic rings. The predicted octanol–water partition coefficient (Wildman–Crippen LogP) is 24.4. The summed E-state index contributed by atoms with van der Waals surface area (Å²) in [7, 11) is 0. The second kappa shape index (κ2) is 28.5. The summed E-state index contributed by atoms with van der Waals surface area (Å²) in [4.78, 5) is 48.7. The molecule has 0 fully saturated rings.